The van der Waals surface area contributed by atoms with Gasteiger partial charge in [0.05, 0.1) is 11.4 Å². The Morgan fingerprint density at radius 2 is 0.981 bits per heavy atom. The molecule has 1 aliphatic heterocycles. The van der Waals surface area contributed by atoms with Gasteiger partial charge in [-0.3, -0.25) is 4.90 Å². The molecule has 5 nitrogen and oxygen atoms in total. The number of benzene rings is 7. The smallest absolute Gasteiger partial charge is 0.238 e. The van der Waals surface area contributed by atoms with Gasteiger partial charge in [-0.1, -0.05) is 147 Å². The highest BCUT2D eigenvalue weighted by Gasteiger charge is 2.39. The van der Waals surface area contributed by atoms with E-state index in [1.807, 2.05) is 48.5 Å². The second kappa shape index (κ2) is 12.1. The van der Waals surface area contributed by atoms with Crippen molar-refractivity contribution in [3.05, 3.63) is 181 Å². The van der Waals surface area contributed by atoms with Gasteiger partial charge in [-0.15, -0.1) is 0 Å². The predicted molar refractivity (Wildman–Crippen MR) is 216 cm³/mol. The molecule has 0 fully saturated rings. The van der Waals surface area contributed by atoms with Crippen molar-refractivity contribution < 1.29 is 4.42 Å². The first-order chi connectivity index (χ1) is 26.0. The average molecular weight is 683 g/mol. The number of anilines is 3. The molecular formula is C48H34N4O. The van der Waals surface area contributed by atoms with Gasteiger partial charge in [-0.2, -0.15) is 9.97 Å². The highest BCUT2D eigenvalue weighted by Crippen LogP contribution is 2.53. The molecular weight excluding hydrogens is 649 g/mol. The van der Waals surface area contributed by atoms with Crippen molar-refractivity contribution in [2.24, 2.45) is 0 Å². The van der Waals surface area contributed by atoms with E-state index in [0.29, 0.717) is 17.6 Å². The molecule has 3 heterocycles. The summed E-state index contributed by atoms with van der Waals surface area (Å²) in [5, 5.41) is 2.01. The molecule has 2 aromatic heterocycles. The Morgan fingerprint density at radius 3 is 1.60 bits per heavy atom. The molecule has 9 aromatic rings. The molecule has 0 unspecified atom stereocenters. The van der Waals surface area contributed by atoms with Crippen LogP contribution in [0.5, 0.6) is 0 Å². The molecule has 0 aliphatic carbocycles. The molecule has 5 heteroatoms. The van der Waals surface area contributed by atoms with Crippen molar-refractivity contribution in [3.8, 4) is 45.0 Å². The summed E-state index contributed by atoms with van der Waals surface area (Å²) in [5.41, 5.74) is 12.3. The molecule has 1 aliphatic rings. The highest BCUT2D eigenvalue weighted by atomic mass is 16.3. The molecule has 53 heavy (non-hydrogen) atoms. The van der Waals surface area contributed by atoms with Crippen molar-refractivity contribution in [1.29, 1.82) is 0 Å². The molecule has 0 bridgehead atoms. The molecule has 0 saturated heterocycles. The van der Waals surface area contributed by atoms with Crippen LogP contribution in [0.2, 0.25) is 0 Å². The van der Waals surface area contributed by atoms with Gasteiger partial charge >= 0.3 is 0 Å². The van der Waals surface area contributed by atoms with Crippen molar-refractivity contribution in [2.45, 2.75) is 19.3 Å². The van der Waals surface area contributed by atoms with Crippen LogP contribution >= 0.6 is 0 Å². The van der Waals surface area contributed by atoms with E-state index in [9.17, 15) is 0 Å². The maximum absolute atomic E-state index is 6.31. The van der Waals surface area contributed by atoms with Crippen LogP contribution in [0.4, 0.5) is 17.3 Å². The Balaban J connectivity index is 1.25. The molecule has 0 N–H and O–H groups in total. The Morgan fingerprint density at radius 1 is 0.453 bits per heavy atom. The van der Waals surface area contributed by atoms with E-state index in [1.165, 1.54) is 33.4 Å². The number of furan rings is 1. The topological polar surface area (TPSA) is 55.1 Å². The van der Waals surface area contributed by atoms with E-state index >= 15 is 0 Å². The lowest BCUT2D eigenvalue weighted by atomic mass is 9.72. The number of para-hydroxylation sites is 1. The number of nitrogens with zero attached hydrogens (tertiary/aromatic N) is 4. The fourth-order valence-corrected chi connectivity index (χ4v) is 7.84. The van der Waals surface area contributed by atoms with E-state index in [4.69, 9.17) is 19.4 Å². The minimum absolute atomic E-state index is 0.337. The second-order valence-electron chi connectivity index (χ2n) is 14.1. The monoisotopic (exact) mass is 682 g/mol. The molecule has 0 spiro atoms. The van der Waals surface area contributed by atoms with Gasteiger partial charge in [0.1, 0.15) is 11.2 Å². The van der Waals surface area contributed by atoms with Gasteiger partial charge in [0.25, 0.3) is 0 Å². The average Bonchev–Trinajstić information content (AvgIpc) is 3.61. The lowest BCUT2D eigenvalue weighted by Gasteiger charge is -2.41. The Labute approximate surface area is 307 Å². The second-order valence-corrected chi connectivity index (χ2v) is 14.1. The third kappa shape index (κ3) is 5.12. The molecule has 0 atom stereocenters. The van der Waals surface area contributed by atoms with Crippen LogP contribution in [0.1, 0.15) is 25.0 Å². The summed E-state index contributed by atoms with van der Waals surface area (Å²) < 4.78 is 6.31. The fraction of sp³-hybridized carbons (Fsp3) is 0.0625. The number of aromatic nitrogens is 3. The quantitative estimate of drug-likeness (QED) is 0.181. The summed E-state index contributed by atoms with van der Waals surface area (Å²) in [4.78, 5) is 18.0. The standard InChI is InChI=1S/C48H34N4O/c1-48(2)38-29-34(31-15-6-3-7-16-31)25-27-40(38)52(41-28-26-35(30-39(41)48)32-17-8-4-9-18-32)47-50-45(33-19-10-5-11-20-33)49-46(51-47)37-22-14-24-43-44(37)36-21-12-13-23-42(36)53-43/h3-30H,1-2H3. The fourth-order valence-electron chi connectivity index (χ4n) is 7.84. The lowest BCUT2D eigenvalue weighted by molar-refractivity contribution is 0.631. The first-order valence-electron chi connectivity index (χ1n) is 18.0. The van der Waals surface area contributed by atoms with Crippen molar-refractivity contribution >= 4 is 39.3 Å². The van der Waals surface area contributed by atoms with Gasteiger partial charge in [0.15, 0.2) is 11.6 Å². The van der Waals surface area contributed by atoms with E-state index in [2.05, 4.69) is 140 Å². The van der Waals surface area contributed by atoms with Crippen LogP contribution in [0, 0.1) is 0 Å². The van der Waals surface area contributed by atoms with Crippen LogP contribution in [0.15, 0.2) is 174 Å². The maximum Gasteiger partial charge on any atom is 0.238 e. The minimum atomic E-state index is -0.337. The Bertz CT molecular complexity index is 2720. The van der Waals surface area contributed by atoms with E-state index < -0.39 is 0 Å². The van der Waals surface area contributed by atoms with Gasteiger partial charge in [0, 0.05) is 27.3 Å². The zero-order valence-corrected chi connectivity index (χ0v) is 29.4. The van der Waals surface area contributed by atoms with Crippen LogP contribution in [0.3, 0.4) is 0 Å². The summed E-state index contributed by atoms with van der Waals surface area (Å²) in [6, 6.07) is 59.1. The molecule has 0 saturated carbocycles. The van der Waals surface area contributed by atoms with Crippen LogP contribution in [-0.2, 0) is 5.41 Å². The minimum Gasteiger partial charge on any atom is -0.456 e. The maximum atomic E-state index is 6.31. The largest absolute Gasteiger partial charge is 0.456 e. The third-order valence-corrected chi connectivity index (χ3v) is 10.5. The van der Waals surface area contributed by atoms with Crippen molar-refractivity contribution in [3.63, 3.8) is 0 Å². The number of hydrogen-bond donors (Lipinski definition) is 0. The molecule has 0 radical (unpaired) electrons. The summed E-state index contributed by atoms with van der Waals surface area (Å²) in [6.07, 6.45) is 0. The van der Waals surface area contributed by atoms with E-state index in [-0.39, 0.29) is 5.41 Å². The van der Waals surface area contributed by atoms with E-state index in [0.717, 1.165) is 44.4 Å². The first kappa shape index (κ1) is 30.9. The van der Waals surface area contributed by atoms with Crippen molar-refractivity contribution in [1.82, 2.24) is 15.0 Å². The lowest BCUT2D eigenvalue weighted by Crippen LogP contribution is -2.31. The van der Waals surface area contributed by atoms with Crippen LogP contribution in [-0.4, -0.2) is 15.0 Å². The van der Waals surface area contributed by atoms with Gasteiger partial charge in [-0.05, 0) is 69.8 Å². The number of rotatable bonds is 5. The summed E-state index contributed by atoms with van der Waals surface area (Å²) in [7, 11) is 0. The molecule has 7 aromatic carbocycles. The van der Waals surface area contributed by atoms with Crippen LogP contribution in [0.25, 0.3) is 67.0 Å². The number of fused-ring (bicyclic) bond motifs is 5. The molecule has 10 rings (SSSR count). The molecule has 252 valence electrons. The summed E-state index contributed by atoms with van der Waals surface area (Å²) >= 11 is 0. The van der Waals surface area contributed by atoms with Gasteiger partial charge < -0.3 is 4.42 Å². The van der Waals surface area contributed by atoms with Crippen LogP contribution < -0.4 is 4.90 Å². The normalized spacial score (nSPS) is 13.2. The third-order valence-electron chi connectivity index (χ3n) is 10.5. The SMILES string of the molecule is CC1(C)c2cc(-c3ccccc3)ccc2N(c2nc(-c3ccccc3)nc(-c3cccc4oc5ccccc5c34)n2)c2ccc(-c3ccccc3)cc21. The Kier molecular flexibility index (Phi) is 7.08. The zero-order valence-electron chi connectivity index (χ0n) is 29.4. The zero-order chi connectivity index (χ0) is 35.5. The Hall–Kier alpha value is -6.85. The van der Waals surface area contributed by atoms with E-state index in [1.54, 1.807) is 0 Å². The predicted octanol–water partition coefficient (Wildman–Crippen LogP) is 12.5. The number of hydrogen-bond acceptors (Lipinski definition) is 5. The van der Waals surface area contributed by atoms with Gasteiger partial charge in [-0.25, -0.2) is 4.98 Å². The molecule has 0 amide bonds. The highest BCUT2D eigenvalue weighted by molar-refractivity contribution is 6.11. The summed E-state index contributed by atoms with van der Waals surface area (Å²) in [6.45, 7) is 4.65. The van der Waals surface area contributed by atoms with Crippen molar-refractivity contribution in [2.75, 3.05) is 4.90 Å². The summed E-state index contributed by atoms with van der Waals surface area (Å²) in [5.74, 6) is 1.74. The first-order valence-corrected chi connectivity index (χ1v) is 18.0. The van der Waals surface area contributed by atoms with Gasteiger partial charge in [0.2, 0.25) is 5.95 Å².